The number of carboxylic acids is 1. The van der Waals surface area contributed by atoms with Crippen LogP contribution in [0.3, 0.4) is 0 Å². The molecule has 0 saturated heterocycles. The summed E-state index contributed by atoms with van der Waals surface area (Å²) in [6.07, 6.45) is 0. The fourth-order valence-corrected chi connectivity index (χ4v) is 4.21. The summed E-state index contributed by atoms with van der Waals surface area (Å²) >= 11 is 0. The van der Waals surface area contributed by atoms with Crippen LogP contribution >= 0.6 is 0 Å². The van der Waals surface area contributed by atoms with Crippen LogP contribution in [0.4, 0.5) is 4.39 Å². The highest BCUT2D eigenvalue weighted by atomic mass is 32.2. The number of carbonyl (C=O) groups is 1. The first kappa shape index (κ1) is 16.3. The SMILES string of the molecule is O=C(O)C1Cn2c(n[nH]c2=O)CN1S(=O)(=O)Cc1cccc(F)c1. The van der Waals surface area contributed by atoms with Crippen LogP contribution in [0.1, 0.15) is 11.4 Å². The van der Waals surface area contributed by atoms with Gasteiger partial charge in [-0.1, -0.05) is 12.1 Å². The lowest BCUT2D eigenvalue weighted by atomic mass is 10.2. The lowest BCUT2D eigenvalue weighted by Crippen LogP contribution is -2.52. The molecule has 2 aromatic rings. The summed E-state index contributed by atoms with van der Waals surface area (Å²) in [5, 5.41) is 15.2. The first-order valence-corrected chi connectivity index (χ1v) is 8.50. The molecule has 0 aliphatic carbocycles. The monoisotopic (exact) mass is 356 g/mol. The molecule has 1 unspecified atom stereocenters. The zero-order valence-electron chi connectivity index (χ0n) is 12.2. The Hall–Kier alpha value is -2.53. The number of aromatic nitrogens is 3. The Kier molecular flexibility index (Phi) is 3.97. The molecule has 0 spiro atoms. The van der Waals surface area contributed by atoms with Crippen molar-refractivity contribution in [3.63, 3.8) is 0 Å². The summed E-state index contributed by atoms with van der Waals surface area (Å²) in [7, 11) is -4.06. The van der Waals surface area contributed by atoms with E-state index in [-0.39, 0.29) is 24.5 Å². The maximum Gasteiger partial charge on any atom is 0.343 e. The largest absolute Gasteiger partial charge is 0.480 e. The highest BCUT2D eigenvalue weighted by Gasteiger charge is 2.40. The van der Waals surface area contributed by atoms with Crippen LogP contribution in [-0.4, -0.2) is 44.6 Å². The number of carboxylic acid groups (broad SMARTS) is 1. The molecule has 11 heteroatoms. The van der Waals surface area contributed by atoms with E-state index in [1.807, 2.05) is 0 Å². The van der Waals surface area contributed by atoms with Crippen LogP contribution < -0.4 is 5.69 Å². The molecule has 3 rings (SSSR count). The smallest absolute Gasteiger partial charge is 0.343 e. The molecule has 9 nitrogen and oxygen atoms in total. The fourth-order valence-electron chi connectivity index (χ4n) is 2.59. The number of benzene rings is 1. The minimum atomic E-state index is -4.06. The molecule has 0 radical (unpaired) electrons. The maximum atomic E-state index is 13.2. The molecular weight excluding hydrogens is 343 g/mol. The van der Waals surface area contributed by atoms with Crippen molar-refractivity contribution in [1.82, 2.24) is 19.1 Å². The number of nitrogens with one attached hydrogen (secondary N) is 1. The van der Waals surface area contributed by atoms with E-state index in [1.165, 1.54) is 18.2 Å². The van der Waals surface area contributed by atoms with Gasteiger partial charge in [-0.15, -0.1) is 0 Å². The minimum absolute atomic E-state index is 0.125. The van der Waals surface area contributed by atoms with E-state index in [1.54, 1.807) is 0 Å². The van der Waals surface area contributed by atoms with Gasteiger partial charge in [-0.3, -0.25) is 9.36 Å². The second-order valence-corrected chi connectivity index (χ2v) is 7.26. The van der Waals surface area contributed by atoms with Gasteiger partial charge in [0.2, 0.25) is 10.0 Å². The van der Waals surface area contributed by atoms with Gasteiger partial charge in [-0.2, -0.15) is 9.40 Å². The summed E-state index contributed by atoms with van der Waals surface area (Å²) < 4.78 is 40.3. The number of aliphatic carboxylic acids is 1. The van der Waals surface area contributed by atoms with E-state index in [9.17, 15) is 27.5 Å². The molecule has 1 atom stereocenters. The van der Waals surface area contributed by atoms with Crippen molar-refractivity contribution in [1.29, 1.82) is 0 Å². The van der Waals surface area contributed by atoms with Crippen LogP contribution in [0.25, 0.3) is 0 Å². The molecule has 2 N–H and O–H groups in total. The first-order valence-electron chi connectivity index (χ1n) is 6.89. The van der Waals surface area contributed by atoms with Gasteiger partial charge in [0.05, 0.1) is 18.8 Å². The van der Waals surface area contributed by atoms with E-state index in [2.05, 4.69) is 10.2 Å². The van der Waals surface area contributed by atoms with E-state index < -0.39 is 39.3 Å². The van der Waals surface area contributed by atoms with Crippen LogP contribution in [0.15, 0.2) is 29.1 Å². The molecule has 24 heavy (non-hydrogen) atoms. The van der Waals surface area contributed by atoms with Crippen LogP contribution in [0.2, 0.25) is 0 Å². The topological polar surface area (TPSA) is 125 Å². The number of halogens is 1. The third-order valence-electron chi connectivity index (χ3n) is 3.72. The van der Waals surface area contributed by atoms with Crippen molar-refractivity contribution in [2.24, 2.45) is 0 Å². The minimum Gasteiger partial charge on any atom is -0.480 e. The number of sulfonamides is 1. The van der Waals surface area contributed by atoms with Crippen LogP contribution in [0.5, 0.6) is 0 Å². The summed E-state index contributed by atoms with van der Waals surface area (Å²) in [5.41, 5.74) is -0.400. The highest BCUT2D eigenvalue weighted by Crippen LogP contribution is 2.22. The van der Waals surface area contributed by atoms with Gasteiger partial charge in [-0.05, 0) is 17.7 Å². The predicted octanol–water partition coefficient (Wildman–Crippen LogP) is -0.491. The number of nitrogens with zero attached hydrogens (tertiary/aromatic N) is 3. The lowest BCUT2D eigenvalue weighted by Gasteiger charge is -2.31. The van der Waals surface area contributed by atoms with Crippen molar-refractivity contribution in [3.8, 4) is 0 Å². The second kappa shape index (κ2) is 5.83. The van der Waals surface area contributed by atoms with Gasteiger partial charge >= 0.3 is 11.7 Å². The molecule has 1 aromatic carbocycles. The van der Waals surface area contributed by atoms with Gasteiger partial charge in [0, 0.05) is 0 Å². The molecule has 0 fully saturated rings. The van der Waals surface area contributed by atoms with Crippen molar-refractivity contribution in [2.75, 3.05) is 0 Å². The zero-order chi connectivity index (χ0) is 17.5. The van der Waals surface area contributed by atoms with E-state index >= 15 is 0 Å². The Morgan fingerprint density at radius 3 is 2.88 bits per heavy atom. The van der Waals surface area contributed by atoms with Crippen LogP contribution in [-0.2, 0) is 33.7 Å². The maximum absolute atomic E-state index is 13.2. The number of hydrogen-bond acceptors (Lipinski definition) is 5. The standard InChI is InChI=1S/C13H13FN4O5S/c14-9-3-1-2-8(4-9)7-24(22,23)18-6-11-15-16-13(21)17(11)5-10(18)12(19)20/h1-4,10H,5-7H2,(H,16,21)(H,19,20). The predicted molar refractivity (Wildman–Crippen MR) is 78.8 cm³/mol. The Morgan fingerprint density at radius 1 is 1.46 bits per heavy atom. The molecule has 0 bridgehead atoms. The molecule has 0 saturated carbocycles. The molecular formula is C13H13FN4O5S. The highest BCUT2D eigenvalue weighted by molar-refractivity contribution is 7.88. The van der Waals surface area contributed by atoms with Gasteiger partial charge in [-0.25, -0.2) is 22.7 Å². The van der Waals surface area contributed by atoms with Gasteiger partial charge in [0.1, 0.15) is 17.7 Å². The normalized spacial score (nSPS) is 18.3. The lowest BCUT2D eigenvalue weighted by molar-refractivity contribution is -0.142. The van der Waals surface area contributed by atoms with E-state index in [0.717, 1.165) is 14.9 Å². The quantitative estimate of drug-likeness (QED) is 0.761. The average molecular weight is 356 g/mol. The Balaban J connectivity index is 1.96. The first-order chi connectivity index (χ1) is 11.3. The molecule has 1 aliphatic rings. The average Bonchev–Trinajstić information content (AvgIpc) is 2.86. The molecule has 128 valence electrons. The number of rotatable bonds is 4. The number of hydrogen-bond donors (Lipinski definition) is 2. The number of fused-ring (bicyclic) bond motifs is 1. The summed E-state index contributed by atoms with van der Waals surface area (Å²) in [6.45, 7) is -0.699. The van der Waals surface area contributed by atoms with Crippen molar-refractivity contribution in [3.05, 3.63) is 52.0 Å². The van der Waals surface area contributed by atoms with Crippen molar-refractivity contribution >= 4 is 16.0 Å². The molecule has 0 amide bonds. The van der Waals surface area contributed by atoms with Gasteiger partial charge in [0.25, 0.3) is 0 Å². The second-order valence-electron chi connectivity index (χ2n) is 5.34. The molecule has 1 aliphatic heterocycles. The van der Waals surface area contributed by atoms with E-state index in [0.29, 0.717) is 0 Å². The summed E-state index contributed by atoms with van der Waals surface area (Å²) in [4.78, 5) is 23.0. The third kappa shape index (κ3) is 2.95. The molecule has 2 heterocycles. The van der Waals surface area contributed by atoms with E-state index in [4.69, 9.17) is 0 Å². The van der Waals surface area contributed by atoms with Gasteiger partial charge in [0.15, 0.2) is 0 Å². The fraction of sp³-hybridized carbons (Fsp3) is 0.308. The van der Waals surface area contributed by atoms with Gasteiger partial charge < -0.3 is 5.11 Å². The third-order valence-corrected chi connectivity index (χ3v) is 5.51. The van der Waals surface area contributed by atoms with Crippen molar-refractivity contribution < 1.29 is 22.7 Å². The summed E-state index contributed by atoms with van der Waals surface area (Å²) in [6, 6.07) is 3.62. The Bertz CT molecular complexity index is 951. The zero-order valence-corrected chi connectivity index (χ0v) is 13.0. The Morgan fingerprint density at radius 2 is 2.21 bits per heavy atom. The number of H-pyrrole nitrogens is 1. The number of aromatic amines is 1. The van der Waals surface area contributed by atoms with Crippen LogP contribution in [0, 0.1) is 5.82 Å². The molecule has 1 aromatic heterocycles. The van der Waals surface area contributed by atoms with Crippen molar-refractivity contribution in [2.45, 2.75) is 24.9 Å². The summed E-state index contributed by atoms with van der Waals surface area (Å²) in [5.74, 6) is -2.39. The Labute approximate surface area is 135 Å².